The number of nitro groups is 1. The number of aliphatic hydroxyl groups excluding tert-OH is 1. The molecule has 174 valence electrons. The lowest BCUT2D eigenvalue weighted by atomic mass is 9.45. The normalized spacial score (nSPS) is 52.2. The highest BCUT2D eigenvalue weighted by Crippen LogP contribution is 2.82. The molecule has 5 rings (SSSR count). The molecule has 5 fully saturated rings. The van der Waals surface area contributed by atoms with Crippen molar-refractivity contribution in [1.82, 2.24) is 0 Å². The van der Waals surface area contributed by atoms with E-state index in [4.69, 9.17) is 4.74 Å². The van der Waals surface area contributed by atoms with Crippen molar-refractivity contribution in [3.8, 4) is 0 Å². The van der Waals surface area contributed by atoms with Crippen LogP contribution < -0.4 is 0 Å². The van der Waals surface area contributed by atoms with Gasteiger partial charge in [-0.3, -0.25) is 10.1 Å². The van der Waals surface area contributed by atoms with Crippen LogP contribution in [0.3, 0.4) is 0 Å². The Morgan fingerprint density at radius 2 is 1.94 bits per heavy atom. The lowest BCUT2D eigenvalue weighted by Gasteiger charge is -2.61. The zero-order chi connectivity index (χ0) is 22.2. The average molecular weight is 432 g/mol. The molecule has 0 aliphatic heterocycles. The Kier molecular flexibility index (Phi) is 5.14. The molecule has 1 spiro atoms. The largest absolute Gasteiger partial charge is 0.382 e. The number of hydrogen-bond donors (Lipinski definition) is 1. The van der Waals surface area contributed by atoms with Crippen LogP contribution in [0.25, 0.3) is 0 Å². The molecule has 5 heteroatoms. The van der Waals surface area contributed by atoms with Crippen molar-refractivity contribution >= 4 is 0 Å². The molecule has 0 aromatic carbocycles. The van der Waals surface area contributed by atoms with Gasteiger partial charge in [-0.05, 0) is 97.7 Å². The maximum Gasteiger partial charge on any atom is 0.232 e. The first-order chi connectivity index (χ1) is 14.7. The van der Waals surface area contributed by atoms with E-state index in [9.17, 15) is 15.2 Å². The molecule has 31 heavy (non-hydrogen) atoms. The molecule has 5 aliphatic carbocycles. The van der Waals surface area contributed by atoms with Crippen LogP contribution in [0.4, 0.5) is 0 Å². The Balaban J connectivity index is 1.35. The first kappa shape index (κ1) is 21.9. The molecule has 0 aromatic rings. The van der Waals surface area contributed by atoms with Crippen LogP contribution in [0.5, 0.6) is 0 Å². The standard InChI is InChI=1S/C26H41NO4/c1-16(5-6-18(28)15-27(29)30)20-7-8-21-19-13-23(31-4)26-14-17(26)9-12-25(26,3)22(19)10-11-24(20,21)2/h5-6,16-23,28H,7-15H2,1-4H3/b6-5+/t16-,17-,18?,19+,20-,21+,22+,23-,24-,25-,26+/m1/s1. The third-order valence-corrected chi connectivity index (χ3v) is 11.5. The van der Waals surface area contributed by atoms with Crippen LogP contribution in [0.15, 0.2) is 12.2 Å². The van der Waals surface area contributed by atoms with Crippen molar-refractivity contribution in [3.63, 3.8) is 0 Å². The van der Waals surface area contributed by atoms with E-state index in [0.717, 1.165) is 23.7 Å². The van der Waals surface area contributed by atoms with Gasteiger partial charge in [0.2, 0.25) is 6.54 Å². The van der Waals surface area contributed by atoms with E-state index >= 15 is 0 Å². The number of nitrogens with zero attached hydrogens (tertiary/aromatic N) is 1. The number of fused-ring (bicyclic) bond motifs is 4. The molecular formula is C26H41NO4. The summed E-state index contributed by atoms with van der Waals surface area (Å²) in [5.41, 5.74) is 1.29. The highest BCUT2D eigenvalue weighted by atomic mass is 16.6. The third kappa shape index (κ3) is 2.94. The maximum absolute atomic E-state index is 10.7. The third-order valence-electron chi connectivity index (χ3n) is 11.5. The van der Waals surface area contributed by atoms with Crippen molar-refractivity contribution in [2.75, 3.05) is 13.7 Å². The van der Waals surface area contributed by atoms with Crippen molar-refractivity contribution in [1.29, 1.82) is 0 Å². The smallest absolute Gasteiger partial charge is 0.232 e. The van der Waals surface area contributed by atoms with Crippen LogP contribution in [-0.2, 0) is 4.74 Å². The molecule has 11 atom stereocenters. The lowest BCUT2D eigenvalue weighted by Crippen LogP contribution is -2.57. The predicted molar refractivity (Wildman–Crippen MR) is 120 cm³/mol. The topological polar surface area (TPSA) is 72.6 Å². The Labute approximate surface area is 187 Å². The average Bonchev–Trinajstić information content (AvgIpc) is 3.22. The van der Waals surface area contributed by atoms with Crippen LogP contribution in [0.2, 0.25) is 0 Å². The van der Waals surface area contributed by atoms with Gasteiger partial charge < -0.3 is 9.84 Å². The second kappa shape index (κ2) is 7.28. The Morgan fingerprint density at radius 1 is 1.16 bits per heavy atom. The van der Waals surface area contributed by atoms with Gasteiger partial charge in [0.15, 0.2) is 0 Å². The highest BCUT2D eigenvalue weighted by molar-refractivity contribution is 5.26. The fraction of sp³-hybridized carbons (Fsp3) is 0.923. The summed E-state index contributed by atoms with van der Waals surface area (Å²) in [6, 6.07) is 0. The summed E-state index contributed by atoms with van der Waals surface area (Å²) in [6.07, 6.45) is 13.9. The summed E-state index contributed by atoms with van der Waals surface area (Å²) < 4.78 is 6.22. The van der Waals surface area contributed by atoms with Crippen molar-refractivity contribution < 1.29 is 14.8 Å². The van der Waals surface area contributed by atoms with Gasteiger partial charge in [-0.25, -0.2) is 0 Å². The maximum atomic E-state index is 10.7. The summed E-state index contributed by atoms with van der Waals surface area (Å²) in [5, 5.41) is 20.6. The highest BCUT2D eigenvalue weighted by Gasteiger charge is 2.77. The van der Waals surface area contributed by atoms with Gasteiger partial charge in [-0.2, -0.15) is 0 Å². The summed E-state index contributed by atoms with van der Waals surface area (Å²) in [6.45, 7) is 7.00. The summed E-state index contributed by atoms with van der Waals surface area (Å²) in [5.74, 6) is 4.26. The van der Waals surface area contributed by atoms with Gasteiger partial charge in [0.1, 0.15) is 6.10 Å². The Hall–Kier alpha value is -0.940. The molecule has 0 aromatic heterocycles. The van der Waals surface area contributed by atoms with Gasteiger partial charge >= 0.3 is 0 Å². The van der Waals surface area contributed by atoms with Crippen molar-refractivity contribution in [3.05, 3.63) is 22.3 Å². The molecule has 0 bridgehead atoms. The fourth-order valence-electron chi connectivity index (χ4n) is 10.1. The second-order valence-corrected chi connectivity index (χ2v) is 12.3. The quantitative estimate of drug-likeness (QED) is 0.361. The molecule has 1 N–H and O–H groups in total. The molecule has 0 amide bonds. The first-order valence-electron chi connectivity index (χ1n) is 12.7. The number of rotatable bonds is 6. The van der Waals surface area contributed by atoms with Crippen LogP contribution in [-0.4, -0.2) is 35.9 Å². The summed E-state index contributed by atoms with van der Waals surface area (Å²) >= 11 is 0. The predicted octanol–water partition coefficient (Wildman–Crippen LogP) is 5.10. The number of allylic oxidation sites excluding steroid dienone is 1. The Morgan fingerprint density at radius 3 is 2.61 bits per heavy atom. The van der Waals surface area contributed by atoms with Crippen LogP contribution >= 0.6 is 0 Å². The van der Waals surface area contributed by atoms with Gasteiger partial charge in [0.05, 0.1) is 6.10 Å². The van der Waals surface area contributed by atoms with Crippen molar-refractivity contribution in [2.24, 2.45) is 51.8 Å². The molecule has 0 radical (unpaired) electrons. The summed E-state index contributed by atoms with van der Waals surface area (Å²) in [4.78, 5) is 10.2. The van der Waals surface area contributed by atoms with E-state index in [2.05, 4.69) is 26.8 Å². The van der Waals surface area contributed by atoms with Crippen LogP contribution in [0.1, 0.15) is 72.1 Å². The molecular weight excluding hydrogens is 390 g/mol. The monoisotopic (exact) mass is 431 g/mol. The molecule has 0 heterocycles. The van der Waals surface area contributed by atoms with E-state index in [1.54, 1.807) is 6.08 Å². The van der Waals surface area contributed by atoms with E-state index in [-0.39, 0.29) is 0 Å². The molecule has 0 saturated heterocycles. The van der Waals surface area contributed by atoms with Gasteiger partial charge in [-0.1, -0.05) is 32.9 Å². The fourth-order valence-corrected chi connectivity index (χ4v) is 10.1. The number of methoxy groups -OCH3 is 1. The van der Waals surface area contributed by atoms with Crippen molar-refractivity contribution in [2.45, 2.75) is 84.3 Å². The first-order valence-corrected chi connectivity index (χ1v) is 12.7. The van der Waals surface area contributed by atoms with Gasteiger partial charge in [-0.15, -0.1) is 0 Å². The number of hydrogen-bond acceptors (Lipinski definition) is 4. The summed E-state index contributed by atoms with van der Waals surface area (Å²) in [7, 11) is 1.95. The molecule has 1 unspecified atom stereocenters. The SMILES string of the molecule is CO[C@@H]1C[C@H]2[C@@H]3CC[C@H]([C@H](C)/C=C/C(O)C[N+](=O)[O-])[C@@]3(C)CC[C@@H]2[C@@]2(C)CC[C@@H]3C[C@]312. The van der Waals surface area contributed by atoms with Gasteiger partial charge in [0.25, 0.3) is 0 Å². The lowest BCUT2D eigenvalue weighted by molar-refractivity contribution is -0.487. The van der Waals surface area contributed by atoms with Gasteiger partial charge in [0, 0.05) is 17.4 Å². The molecule has 5 nitrogen and oxygen atoms in total. The van der Waals surface area contributed by atoms with E-state index in [1.165, 1.54) is 51.4 Å². The zero-order valence-corrected chi connectivity index (χ0v) is 19.8. The minimum atomic E-state index is -0.982. The molecule has 5 saturated carbocycles. The number of ether oxygens (including phenoxy) is 1. The molecule has 5 aliphatic rings. The van der Waals surface area contributed by atoms with E-state index in [0.29, 0.717) is 34.2 Å². The van der Waals surface area contributed by atoms with E-state index in [1.807, 2.05) is 7.11 Å². The second-order valence-electron chi connectivity index (χ2n) is 12.3. The van der Waals surface area contributed by atoms with Crippen LogP contribution in [0, 0.1) is 61.9 Å². The Bertz CT molecular complexity index is 769. The minimum Gasteiger partial charge on any atom is -0.382 e. The number of aliphatic hydroxyl groups is 1. The minimum absolute atomic E-state index is 0.333. The van der Waals surface area contributed by atoms with E-state index < -0.39 is 17.6 Å². The zero-order valence-electron chi connectivity index (χ0n) is 19.8.